The molecule has 2 N–H and O–H groups in total. The Hall–Kier alpha value is -1.66. The van der Waals surface area contributed by atoms with Gasteiger partial charge in [0.1, 0.15) is 5.76 Å². The van der Waals surface area contributed by atoms with Crippen LogP contribution in [0.5, 0.6) is 0 Å². The molecule has 0 fully saturated rings. The van der Waals surface area contributed by atoms with Gasteiger partial charge in [-0.3, -0.25) is 4.79 Å². The predicted molar refractivity (Wildman–Crippen MR) is 86.7 cm³/mol. The zero-order chi connectivity index (χ0) is 16.1. The Kier molecular flexibility index (Phi) is 5.74. The number of oxazole rings is 1. The van der Waals surface area contributed by atoms with E-state index in [0.29, 0.717) is 30.3 Å². The van der Waals surface area contributed by atoms with Crippen molar-refractivity contribution in [2.75, 3.05) is 6.54 Å². The average Bonchev–Trinajstić information content (AvgIpc) is 3.06. The Morgan fingerprint density at radius 2 is 2.27 bits per heavy atom. The van der Waals surface area contributed by atoms with E-state index in [-0.39, 0.29) is 24.3 Å². The van der Waals surface area contributed by atoms with E-state index in [2.05, 4.69) is 10.3 Å². The molecule has 120 valence electrons. The summed E-state index contributed by atoms with van der Waals surface area (Å²) in [6, 6.07) is 3.88. The van der Waals surface area contributed by atoms with Crippen LogP contribution in [0.4, 0.5) is 0 Å². The molecule has 6 heteroatoms. The Balaban J connectivity index is 1.89. The highest BCUT2D eigenvalue weighted by molar-refractivity contribution is 7.13. The van der Waals surface area contributed by atoms with Gasteiger partial charge in [-0.1, -0.05) is 13.0 Å². The van der Waals surface area contributed by atoms with Crippen LogP contribution in [-0.4, -0.2) is 28.6 Å². The van der Waals surface area contributed by atoms with Crippen LogP contribution in [0.3, 0.4) is 0 Å². The van der Waals surface area contributed by atoms with Crippen molar-refractivity contribution in [3.63, 3.8) is 0 Å². The number of hydrogen-bond acceptors (Lipinski definition) is 5. The molecule has 0 aliphatic heterocycles. The van der Waals surface area contributed by atoms with Gasteiger partial charge in [0.15, 0.2) is 0 Å². The quantitative estimate of drug-likeness (QED) is 0.822. The number of thiophene rings is 1. The van der Waals surface area contributed by atoms with Crippen molar-refractivity contribution >= 4 is 17.2 Å². The highest BCUT2D eigenvalue weighted by Crippen LogP contribution is 2.26. The molecular weight excluding hydrogens is 300 g/mol. The van der Waals surface area contributed by atoms with Gasteiger partial charge in [-0.15, -0.1) is 11.3 Å². The number of aliphatic hydroxyl groups excluding tert-OH is 1. The third-order valence-corrected chi connectivity index (χ3v) is 4.20. The molecule has 1 amide bonds. The van der Waals surface area contributed by atoms with Crippen molar-refractivity contribution < 1.29 is 14.3 Å². The van der Waals surface area contributed by atoms with Gasteiger partial charge in [0.25, 0.3) is 0 Å². The van der Waals surface area contributed by atoms with E-state index in [1.165, 1.54) is 0 Å². The van der Waals surface area contributed by atoms with Crippen molar-refractivity contribution in [3.8, 4) is 10.8 Å². The van der Waals surface area contributed by atoms with Crippen molar-refractivity contribution in [3.05, 3.63) is 29.0 Å². The Labute approximate surface area is 134 Å². The number of aliphatic hydroxyl groups is 1. The zero-order valence-corrected chi connectivity index (χ0v) is 13.9. The highest BCUT2D eigenvalue weighted by Gasteiger charge is 2.16. The number of aryl methyl sites for hydroxylation is 1. The van der Waals surface area contributed by atoms with E-state index in [0.717, 1.165) is 4.88 Å². The topological polar surface area (TPSA) is 75.4 Å². The van der Waals surface area contributed by atoms with Crippen molar-refractivity contribution in [2.45, 2.75) is 39.7 Å². The van der Waals surface area contributed by atoms with Gasteiger partial charge in [0.05, 0.1) is 23.1 Å². The molecule has 0 aliphatic carbocycles. The zero-order valence-electron chi connectivity index (χ0n) is 13.1. The molecule has 2 heterocycles. The maximum absolute atomic E-state index is 12.0. The molecule has 0 saturated heterocycles. The standard InChI is InChI=1S/C16H22N2O3S/c1-10(7-11(2)19)9-17-15(20)8-13-12(3)21-16(18-13)14-5-4-6-22-14/h4-6,10-11,19H,7-9H2,1-3H3,(H,17,20). The van der Waals surface area contributed by atoms with Crippen LogP contribution in [0.2, 0.25) is 0 Å². The van der Waals surface area contributed by atoms with Gasteiger partial charge in [-0.25, -0.2) is 4.98 Å². The first-order valence-corrected chi connectivity index (χ1v) is 8.28. The number of aromatic nitrogens is 1. The number of carbonyl (C=O) groups excluding carboxylic acids is 1. The normalized spacial score (nSPS) is 13.8. The second-order valence-electron chi connectivity index (χ2n) is 5.67. The Morgan fingerprint density at radius 3 is 2.91 bits per heavy atom. The largest absolute Gasteiger partial charge is 0.440 e. The molecule has 2 rings (SSSR count). The maximum Gasteiger partial charge on any atom is 0.236 e. The first-order valence-electron chi connectivity index (χ1n) is 7.40. The average molecular weight is 322 g/mol. The molecule has 0 radical (unpaired) electrons. The lowest BCUT2D eigenvalue weighted by atomic mass is 10.0. The van der Waals surface area contributed by atoms with E-state index < -0.39 is 0 Å². The van der Waals surface area contributed by atoms with Crippen LogP contribution in [0.15, 0.2) is 21.9 Å². The predicted octanol–water partition coefficient (Wildman–Crippen LogP) is 2.78. The summed E-state index contributed by atoms with van der Waals surface area (Å²) in [4.78, 5) is 17.4. The van der Waals surface area contributed by atoms with Crippen molar-refractivity contribution in [1.29, 1.82) is 0 Å². The fourth-order valence-corrected chi connectivity index (χ4v) is 2.91. The molecule has 2 aromatic rings. The number of nitrogens with one attached hydrogen (secondary N) is 1. The molecule has 5 nitrogen and oxygen atoms in total. The lowest BCUT2D eigenvalue weighted by molar-refractivity contribution is -0.120. The monoisotopic (exact) mass is 322 g/mol. The van der Waals surface area contributed by atoms with Gasteiger partial charge in [-0.05, 0) is 37.6 Å². The van der Waals surface area contributed by atoms with Gasteiger partial charge < -0.3 is 14.8 Å². The van der Waals surface area contributed by atoms with Crippen LogP contribution in [0, 0.1) is 12.8 Å². The van der Waals surface area contributed by atoms with Crippen LogP contribution in [0.25, 0.3) is 10.8 Å². The Morgan fingerprint density at radius 1 is 1.50 bits per heavy atom. The van der Waals surface area contributed by atoms with Crippen LogP contribution >= 0.6 is 11.3 Å². The molecule has 2 unspecified atom stereocenters. The molecule has 0 bridgehead atoms. The number of hydrogen-bond donors (Lipinski definition) is 2. The van der Waals surface area contributed by atoms with E-state index in [4.69, 9.17) is 4.42 Å². The molecule has 0 saturated carbocycles. The molecule has 0 spiro atoms. The minimum Gasteiger partial charge on any atom is -0.440 e. The molecular formula is C16H22N2O3S. The summed E-state index contributed by atoms with van der Waals surface area (Å²) in [6.45, 7) is 6.13. The summed E-state index contributed by atoms with van der Waals surface area (Å²) >= 11 is 1.56. The maximum atomic E-state index is 12.0. The Bertz CT molecular complexity index is 605. The summed E-state index contributed by atoms with van der Waals surface area (Å²) in [5, 5.41) is 14.2. The summed E-state index contributed by atoms with van der Waals surface area (Å²) in [5.41, 5.74) is 0.670. The SMILES string of the molecule is Cc1oc(-c2cccs2)nc1CC(=O)NCC(C)CC(C)O. The molecule has 22 heavy (non-hydrogen) atoms. The van der Waals surface area contributed by atoms with Crippen molar-refractivity contribution in [2.24, 2.45) is 5.92 Å². The molecule has 0 aromatic carbocycles. The fraction of sp³-hybridized carbons (Fsp3) is 0.500. The molecule has 0 aliphatic rings. The van der Waals surface area contributed by atoms with Crippen molar-refractivity contribution in [1.82, 2.24) is 10.3 Å². The summed E-state index contributed by atoms with van der Waals surface area (Å²) < 4.78 is 5.62. The third-order valence-electron chi connectivity index (χ3n) is 3.34. The second kappa shape index (κ2) is 7.56. The summed E-state index contributed by atoms with van der Waals surface area (Å²) in [7, 11) is 0. The summed E-state index contributed by atoms with van der Waals surface area (Å²) in [6.07, 6.45) is 0.534. The number of carbonyl (C=O) groups is 1. The highest BCUT2D eigenvalue weighted by atomic mass is 32.1. The van der Waals surface area contributed by atoms with Gasteiger partial charge in [0.2, 0.25) is 11.8 Å². The minimum absolute atomic E-state index is 0.0772. The third kappa shape index (κ3) is 4.68. The summed E-state index contributed by atoms with van der Waals surface area (Å²) in [5.74, 6) is 1.41. The molecule has 2 aromatic heterocycles. The first kappa shape index (κ1) is 16.7. The van der Waals surface area contributed by atoms with E-state index in [9.17, 15) is 9.90 Å². The second-order valence-corrected chi connectivity index (χ2v) is 6.62. The first-order chi connectivity index (χ1) is 10.5. The smallest absolute Gasteiger partial charge is 0.236 e. The van der Waals surface area contributed by atoms with Gasteiger partial charge >= 0.3 is 0 Å². The number of nitrogens with zero attached hydrogens (tertiary/aromatic N) is 1. The number of rotatable bonds is 7. The van der Waals surface area contributed by atoms with Crippen LogP contribution < -0.4 is 5.32 Å². The van der Waals surface area contributed by atoms with E-state index in [1.807, 2.05) is 31.4 Å². The lowest BCUT2D eigenvalue weighted by Gasteiger charge is -2.13. The fourth-order valence-electron chi connectivity index (χ4n) is 2.27. The number of amides is 1. The van der Waals surface area contributed by atoms with Crippen LogP contribution in [0.1, 0.15) is 31.7 Å². The van der Waals surface area contributed by atoms with Gasteiger partial charge in [0, 0.05) is 6.54 Å². The van der Waals surface area contributed by atoms with E-state index >= 15 is 0 Å². The van der Waals surface area contributed by atoms with Crippen LogP contribution in [-0.2, 0) is 11.2 Å². The van der Waals surface area contributed by atoms with Gasteiger partial charge in [-0.2, -0.15) is 0 Å². The molecule has 2 atom stereocenters. The lowest BCUT2D eigenvalue weighted by Crippen LogP contribution is -2.30. The minimum atomic E-state index is -0.349. The van der Waals surface area contributed by atoms with E-state index in [1.54, 1.807) is 18.3 Å².